The first-order chi connectivity index (χ1) is 14.3. The Morgan fingerprint density at radius 1 is 1.10 bits per heavy atom. The summed E-state index contributed by atoms with van der Waals surface area (Å²) >= 11 is 0. The van der Waals surface area contributed by atoms with Gasteiger partial charge in [-0.3, -0.25) is 4.79 Å². The van der Waals surface area contributed by atoms with Crippen molar-refractivity contribution in [3.63, 3.8) is 0 Å². The van der Waals surface area contributed by atoms with Gasteiger partial charge in [0.2, 0.25) is 5.95 Å². The van der Waals surface area contributed by atoms with Crippen molar-refractivity contribution < 1.29 is 14.3 Å². The molecule has 0 bridgehead atoms. The lowest BCUT2D eigenvalue weighted by Crippen LogP contribution is -2.29. The maximum Gasteiger partial charge on any atom is 0.274 e. The number of amides is 1. The summed E-state index contributed by atoms with van der Waals surface area (Å²) in [5.41, 5.74) is 8.64. The van der Waals surface area contributed by atoms with Crippen molar-refractivity contribution in [3.8, 4) is 17.3 Å². The number of benzene rings is 1. The predicted octanol–water partition coefficient (Wildman–Crippen LogP) is 2.19. The van der Waals surface area contributed by atoms with Gasteiger partial charge in [0, 0.05) is 31.0 Å². The number of hydrogen-bond donors (Lipinski definition) is 1. The molecule has 0 saturated heterocycles. The molecule has 3 aromatic rings. The monoisotopic (exact) mass is 410 g/mol. The Balaban J connectivity index is 1.72. The van der Waals surface area contributed by atoms with Crippen LogP contribution in [0, 0.1) is 13.8 Å². The lowest BCUT2D eigenvalue weighted by molar-refractivity contribution is 0.0790. The van der Waals surface area contributed by atoms with Gasteiger partial charge < -0.3 is 20.1 Å². The number of aromatic nitrogens is 4. The first-order valence-corrected chi connectivity index (χ1v) is 9.47. The van der Waals surface area contributed by atoms with Gasteiger partial charge in [0.05, 0.1) is 14.2 Å². The summed E-state index contributed by atoms with van der Waals surface area (Å²) in [5.74, 6) is 1.87. The number of anilines is 1. The van der Waals surface area contributed by atoms with Gasteiger partial charge in [-0.15, -0.1) is 0 Å². The molecule has 2 heterocycles. The zero-order valence-electron chi connectivity index (χ0n) is 17.8. The minimum atomic E-state index is -0.170. The summed E-state index contributed by atoms with van der Waals surface area (Å²) < 4.78 is 12.2. The van der Waals surface area contributed by atoms with E-state index in [1.165, 1.54) is 0 Å². The minimum Gasteiger partial charge on any atom is -0.493 e. The molecule has 0 aliphatic heterocycles. The number of nitrogen functional groups attached to an aromatic ring is 1. The van der Waals surface area contributed by atoms with Crippen LogP contribution in [0.3, 0.4) is 0 Å². The van der Waals surface area contributed by atoms with Crippen LogP contribution < -0.4 is 15.2 Å². The zero-order valence-corrected chi connectivity index (χ0v) is 17.8. The van der Waals surface area contributed by atoms with Crippen LogP contribution in [0.1, 0.15) is 27.4 Å². The van der Waals surface area contributed by atoms with Crippen LogP contribution >= 0.6 is 0 Å². The second kappa shape index (κ2) is 8.81. The standard InChI is InChI=1S/C21H26N6O3/c1-13-10-19(24-21(22)23-13)27-14(2)11-16(25-27)20(28)26(3)9-8-15-6-7-17(29-4)18(12-15)30-5/h6-7,10-12H,8-9H2,1-5H3,(H2,22,23,24). The van der Waals surface area contributed by atoms with Crippen LogP contribution in [0.25, 0.3) is 5.82 Å². The van der Waals surface area contributed by atoms with E-state index in [2.05, 4.69) is 15.1 Å². The molecule has 0 aliphatic rings. The van der Waals surface area contributed by atoms with Crippen molar-refractivity contribution in [2.45, 2.75) is 20.3 Å². The highest BCUT2D eigenvalue weighted by molar-refractivity contribution is 5.92. The Labute approximate surface area is 175 Å². The van der Waals surface area contributed by atoms with Gasteiger partial charge in [-0.2, -0.15) is 10.1 Å². The quantitative estimate of drug-likeness (QED) is 0.636. The van der Waals surface area contributed by atoms with E-state index >= 15 is 0 Å². The molecule has 0 radical (unpaired) electrons. The lowest BCUT2D eigenvalue weighted by atomic mass is 10.1. The van der Waals surface area contributed by atoms with Crippen molar-refractivity contribution in [2.24, 2.45) is 0 Å². The normalized spacial score (nSPS) is 10.7. The molecule has 0 unspecified atom stereocenters. The number of nitrogens with zero attached hydrogens (tertiary/aromatic N) is 5. The number of nitrogens with two attached hydrogens (primary N) is 1. The first kappa shape index (κ1) is 21.1. The van der Waals surface area contributed by atoms with E-state index in [9.17, 15) is 4.79 Å². The maximum atomic E-state index is 12.9. The van der Waals surface area contributed by atoms with Gasteiger partial charge >= 0.3 is 0 Å². The number of carbonyl (C=O) groups is 1. The van der Waals surface area contributed by atoms with Gasteiger partial charge in [-0.1, -0.05) is 6.07 Å². The Morgan fingerprint density at radius 2 is 1.83 bits per heavy atom. The molecule has 158 valence electrons. The summed E-state index contributed by atoms with van der Waals surface area (Å²) in [6.07, 6.45) is 0.671. The van der Waals surface area contributed by atoms with Gasteiger partial charge in [0.1, 0.15) is 0 Å². The number of hydrogen-bond acceptors (Lipinski definition) is 7. The largest absolute Gasteiger partial charge is 0.493 e. The summed E-state index contributed by atoms with van der Waals surface area (Å²) in [7, 11) is 4.95. The molecule has 9 heteroatoms. The fraction of sp³-hybridized carbons (Fsp3) is 0.333. The first-order valence-electron chi connectivity index (χ1n) is 9.47. The zero-order chi connectivity index (χ0) is 21.8. The molecule has 0 atom stereocenters. The summed E-state index contributed by atoms with van der Waals surface area (Å²) in [6, 6.07) is 9.24. The molecule has 2 aromatic heterocycles. The number of rotatable bonds is 7. The third-order valence-corrected chi connectivity index (χ3v) is 4.71. The van der Waals surface area contributed by atoms with Crippen molar-refractivity contribution in [1.29, 1.82) is 0 Å². The van der Waals surface area contributed by atoms with E-state index in [-0.39, 0.29) is 11.9 Å². The highest BCUT2D eigenvalue weighted by Gasteiger charge is 2.18. The minimum absolute atomic E-state index is 0.166. The van der Waals surface area contributed by atoms with Gasteiger partial charge in [-0.25, -0.2) is 9.67 Å². The summed E-state index contributed by atoms with van der Waals surface area (Å²) in [5, 5.41) is 4.43. The van der Waals surface area contributed by atoms with Crippen molar-refractivity contribution >= 4 is 11.9 Å². The van der Waals surface area contributed by atoms with Gasteiger partial charge in [-0.05, 0) is 44.0 Å². The molecule has 0 saturated carbocycles. The molecule has 0 fully saturated rings. The topological polar surface area (TPSA) is 108 Å². The van der Waals surface area contributed by atoms with Crippen LogP contribution in [0.2, 0.25) is 0 Å². The highest BCUT2D eigenvalue weighted by atomic mass is 16.5. The molecule has 1 aromatic carbocycles. The molecular weight excluding hydrogens is 384 g/mol. The number of carbonyl (C=O) groups excluding carboxylic acids is 1. The second-order valence-electron chi connectivity index (χ2n) is 6.97. The van der Waals surface area contributed by atoms with Crippen molar-refractivity contribution in [3.05, 3.63) is 53.0 Å². The third-order valence-electron chi connectivity index (χ3n) is 4.71. The van der Waals surface area contributed by atoms with E-state index in [0.29, 0.717) is 36.0 Å². The van der Waals surface area contributed by atoms with Crippen LogP contribution in [-0.2, 0) is 6.42 Å². The smallest absolute Gasteiger partial charge is 0.274 e. The van der Waals surface area contributed by atoms with E-state index in [0.717, 1.165) is 17.0 Å². The number of methoxy groups -OCH3 is 2. The van der Waals surface area contributed by atoms with E-state index in [4.69, 9.17) is 15.2 Å². The molecule has 0 aliphatic carbocycles. The highest BCUT2D eigenvalue weighted by Crippen LogP contribution is 2.27. The molecule has 0 spiro atoms. The van der Waals surface area contributed by atoms with Gasteiger partial charge in [0.25, 0.3) is 5.91 Å². The lowest BCUT2D eigenvalue weighted by Gasteiger charge is -2.16. The second-order valence-corrected chi connectivity index (χ2v) is 6.97. The van der Waals surface area contributed by atoms with Crippen LogP contribution in [0.5, 0.6) is 11.5 Å². The van der Waals surface area contributed by atoms with E-state index in [1.807, 2.05) is 32.0 Å². The molecule has 1 amide bonds. The molecule has 3 rings (SSSR count). The third kappa shape index (κ3) is 4.51. The molecular formula is C21H26N6O3. The Hall–Kier alpha value is -3.62. The number of likely N-dealkylation sites (N-methyl/N-ethyl adjacent to an activating group) is 1. The van der Waals surface area contributed by atoms with Crippen LogP contribution in [0.15, 0.2) is 30.3 Å². The SMILES string of the molecule is COc1ccc(CCN(C)C(=O)c2cc(C)n(-c3cc(C)nc(N)n3)n2)cc1OC. The Morgan fingerprint density at radius 3 is 2.50 bits per heavy atom. The fourth-order valence-electron chi connectivity index (χ4n) is 3.12. The van der Waals surface area contributed by atoms with Crippen LogP contribution in [0.4, 0.5) is 5.95 Å². The summed E-state index contributed by atoms with van der Waals surface area (Å²) in [4.78, 5) is 22.8. The average Bonchev–Trinajstić information content (AvgIpc) is 3.12. The Bertz CT molecular complexity index is 1040. The van der Waals surface area contributed by atoms with E-state index in [1.54, 1.807) is 43.0 Å². The van der Waals surface area contributed by atoms with Gasteiger partial charge in [0.15, 0.2) is 23.0 Å². The number of ether oxygens (including phenoxy) is 2. The predicted molar refractivity (Wildman–Crippen MR) is 113 cm³/mol. The average molecular weight is 410 g/mol. The fourth-order valence-corrected chi connectivity index (χ4v) is 3.12. The molecule has 2 N–H and O–H groups in total. The maximum absolute atomic E-state index is 12.9. The van der Waals surface area contributed by atoms with Crippen molar-refractivity contribution in [1.82, 2.24) is 24.6 Å². The number of aryl methyl sites for hydroxylation is 2. The van der Waals surface area contributed by atoms with Crippen molar-refractivity contribution in [2.75, 3.05) is 33.5 Å². The molecule has 30 heavy (non-hydrogen) atoms. The van der Waals surface area contributed by atoms with Crippen LogP contribution in [-0.4, -0.2) is 58.4 Å². The molecule has 9 nitrogen and oxygen atoms in total. The summed E-state index contributed by atoms with van der Waals surface area (Å²) in [6.45, 7) is 4.22. The van der Waals surface area contributed by atoms with E-state index < -0.39 is 0 Å². The Kier molecular flexibility index (Phi) is 6.20.